The molecule has 6 nitrogen and oxygen atoms in total. The lowest BCUT2D eigenvalue weighted by Gasteiger charge is -2.44. The minimum atomic E-state index is -3.41. The van der Waals surface area contributed by atoms with E-state index in [1.807, 2.05) is 23.1 Å². The van der Waals surface area contributed by atoms with Gasteiger partial charge in [0.1, 0.15) is 4.90 Å². The highest BCUT2D eigenvalue weighted by Crippen LogP contribution is 2.44. The van der Waals surface area contributed by atoms with Crippen LogP contribution in [0.3, 0.4) is 0 Å². The molecular formula is C22H29N3O3S. The second kappa shape index (κ2) is 7.94. The maximum Gasteiger partial charge on any atom is 0.233 e. The molecule has 1 aliphatic heterocycles. The second-order valence-electron chi connectivity index (χ2n) is 8.44. The Hall–Kier alpha value is -2.15. The van der Waals surface area contributed by atoms with E-state index in [4.69, 9.17) is 0 Å². The van der Waals surface area contributed by atoms with E-state index in [1.165, 1.54) is 12.5 Å². The van der Waals surface area contributed by atoms with Crippen molar-refractivity contribution in [3.63, 3.8) is 0 Å². The molecule has 1 atom stereocenters. The van der Waals surface area contributed by atoms with Gasteiger partial charge in [0.25, 0.3) is 0 Å². The van der Waals surface area contributed by atoms with Crippen molar-refractivity contribution in [2.45, 2.75) is 67.7 Å². The first-order valence-electron chi connectivity index (χ1n) is 10.5. The molecule has 2 fully saturated rings. The first-order chi connectivity index (χ1) is 13.9. The topological polar surface area (TPSA) is 83.1 Å². The van der Waals surface area contributed by atoms with Crippen LogP contribution in [0, 0.1) is 0 Å². The highest BCUT2D eigenvalue weighted by Gasteiger charge is 2.46. The zero-order valence-electron chi connectivity index (χ0n) is 16.9. The first-order valence-corrected chi connectivity index (χ1v) is 12.4. The normalized spacial score (nSPS) is 22.4. The fourth-order valence-corrected chi connectivity index (χ4v) is 5.93. The summed E-state index contributed by atoms with van der Waals surface area (Å²) >= 11 is 0. The van der Waals surface area contributed by atoms with Crippen molar-refractivity contribution < 1.29 is 13.2 Å². The number of likely N-dealkylation sites (tertiary alicyclic amines) is 1. The fraction of sp³-hybridized carbons (Fsp3) is 0.545. The quantitative estimate of drug-likeness (QED) is 0.824. The van der Waals surface area contributed by atoms with Crippen molar-refractivity contribution in [1.82, 2.24) is 15.1 Å². The number of aromatic nitrogens is 2. The third-order valence-electron chi connectivity index (χ3n) is 6.57. The van der Waals surface area contributed by atoms with Crippen molar-refractivity contribution in [1.29, 1.82) is 0 Å². The Morgan fingerprint density at radius 2 is 1.83 bits per heavy atom. The van der Waals surface area contributed by atoms with E-state index >= 15 is 0 Å². The number of hydrogen-bond donors (Lipinski definition) is 1. The third-order valence-corrected chi connectivity index (χ3v) is 7.70. The molecule has 0 radical (unpaired) electrons. The maximum absolute atomic E-state index is 14.1. The lowest BCUT2D eigenvalue weighted by atomic mass is 9.68. The third kappa shape index (κ3) is 3.72. The summed E-state index contributed by atoms with van der Waals surface area (Å²) in [5.41, 5.74) is 1.13. The molecule has 4 rings (SSSR count). The van der Waals surface area contributed by atoms with Gasteiger partial charge in [-0.25, -0.2) is 8.42 Å². The fourth-order valence-electron chi connectivity index (χ4n) is 5.11. The number of H-pyrrole nitrogens is 1. The molecule has 2 aromatic rings. The molecule has 1 saturated heterocycles. The van der Waals surface area contributed by atoms with Crippen molar-refractivity contribution in [2.75, 3.05) is 12.8 Å². The summed E-state index contributed by atoms with van der Waals surface area (Å²) < 4.78 is 24.5. The van der Waals surface area contributed by atoms with Gasteiger partial charge in [-0.15, -0.1) is 0 Å². The van der Waals surface area contributed by atoms with Gasteiger partial charge in [0.05, 0.1) is 23.3 Å². The largest absolute Gasteiger partial charge is 0.333 e. The van der Waals surface area contributed by atoms with Crippen molar-refractivity contribution >= 4 is 15.7 Å². The van der Waals surface area contributed by atoms with E-state index in [0.717, 1.165) is 56.9 Å². The van der Waals surface area contributed by atoms with Gasteiger partial charge in [-0.3, -0.25) is 9.89 Å². The van der Waals surface area contributed by atoms with Gasteiger partial charge in [0.2, 0.25) is 5.91 Å². The summed E-state index contributed by atoms with van der Waals surface area (Å²) in [6.45, 7) is 0.653. The molecule has 7 heteroatoms. The van der Waals surface area contributed by atoms with Crippen LogP contribution in [0.25, 0.3) is 0 Å². The molecule has 2 aliphatic rings. The number of aromatic amines is 1. The zero-order chi connectivity index (χ0) is 20.5. The Kier molecular flexibility index (Phi) is 5.51. The van der Waals surface area contributed by atoms with Crippen LogP contribution in [0.5, 0.6) is 0 Å². The minimum Gasteiger partial charge on any atom is -0.333 e. The van der Waals surface area contributed by atoms with Crippen LogP contribution in [0.1, 0.15) is 68.7 Å². The molecule has 1 N–H and O–H groups in total. The number of hydrogen-bond acceptors (Lipinski definition) is 4. The Balaban J connectivity index is 1.74. The molecule has 0 bridgehead atoms. The first kappa shape index (κ1) is 20.1. The van der Waals surface area contributed by atoms with Crippen LogP contribution >= 0.6 is 0 Å². The average Bonchev–Trinajstić information content (AvgIpc) is 3.25. The molecule has 1 amide bonds. The summed E-state index contributed by atoms with van der Waals surface area (Å²) in [6, 6.07) is 9.86. The number of carbonyl (C=O) groups excluding carboxylic acids is 1. The van der Waals surface area contributed by atoms with Gasteiger partial charge in [0.15, 0.2) is 9.84 Å². The summed E-state index contributed by atoms with van der Waals surface area (Å²) in [4.78, 5) is 16.2. The summed E-state index contributed by atoms with van der Waals surface area (Å²) in [5.74, 6) is 0.141. The molecule has 1 saturated carbocycles. The highest BCUT2D eigenvalue weighted by molar-refractivity contribution is 7.90. The number of rotatable bonds is 4. The monoisotopic (exact) mass is 415 g/mol. The molecular weight excluding hydrogens is 386 g/mol. The molecule has 2 heterocycles. The van der Waals surface area contributed by atoms with Crippen molar-refractivity contribution in [3.05, 3.63) is 47.8 Å². The number of sulfone groups is 1. The minimum absolute atomic E-state index is 0.141. The van der Waals surface area contributed by atoms with E-state index in [0.29, 0.717) is 12.2 Å². The predicted octanol–water partition coefficient (Wildman–Crippen LogP) is 3.77. The zero-order valence-corrected chi connectivity index (χ0v) is 17.7. The number of amides is 1. The van der Waals surface area contributed by atoms with E-state index in [9.17, 15) is 13.2 Å². The van der Waals surface area contributed by atoms with Gasteiger partial charge in [-0.1, -0.05) is 49.6 Å². The Morgan fingerprint density at radius 1 is 1.10 bits per heavy atom. The Labute approximate surface area is 172 Å². The number of piperidine rings is 1. The number of nitrogens with zero attached hydrogens (tertiary/aromatic N) is 2. The number of nitrogens with one attached hydrogen (secondary N) is 1. The van der Waals surface area contributed by atoms with Gasteiger partial charge in [0, 0.05) is 12.8 Å². The van der Waals surface area contributed by atoms with Crippen molar-refractivity contribution in [2.24, 2.45) is 0 Å². The number of carbonyl (C=O) groups is 1. The highest BCUT2D eigenvalue weighted by atomic mass is 32.2. The van der Waals surface area contributed by atoms with E-state index in [1.54, 1.807) is 0 Å². The van der Waals surface area contributed by atoms with Crippen LogP contribution in [0.2, 0.25) is 0 Å². The summed E-state index contributed by atoms with van der Waals surface area (Å²) in [6.07, 6.45) is 10.2. The number of benzene rings is 1. The average molecular weight is 416 g/mol. The van der Waals surface area contributed by atoms with E-state index in [-0.39, 0.29) is 16.8 Å². The van der Waals surface area contributed by atoms with Crippen LogP contribution < -0.4 is 0 Å². The van der Waals surface area contributed by atoms with Crippen molar-refractivity contribution in [3.8, 4) is 0 Å². The van der Waals surface area contributed by atoms with Gasteiger partial charge >= 0.3 is 0 Å². The Bertz CT molecular complexity index is 962. The van der Waals surface area contributed by atoms with Crippen LogP contribution in [-0.2, 0) is 20.0 Å². The molecule has 1 aliphatic carbocycles. The van der Waals surface area contributed by atoms with E-state index in [2.05, 4.69) is 22.3 Å². The molecule has 1 unspecified atom stereocenters. The summed E-state index contributed by atoms with van der Waals surface area (Å²) in [7, 11) is -3.41. The van der Waals surface area contributed by atoms with Gasteiger partial charge in [-0.05, 0) is 37.7 Å². The van der Waals surface area contributed by atoms with Gasteiger partial charge < -0.3 is 4.90 Å². The molecule has 29 heavy (non-hydrogen) atoms. The second-order valence-corrected chi connectivity index (χ2v) is 10.4. The van der Waals surface area contributed by atoms with Crippen LogP contribution in [0.15, 0.2) is 41.4 Å². The lowest BCUT2D eigenvalue weighted by Crippen LogP contribution is -2.51. The SMILES string of the molecule is CS(=O)(=O)c1cn[nH]c1C1CCCCN1C(=O)C1(c2ccccc2)CCCCC1. The maximum atomic E-state index is 14.1. The van der Waals surface area contributed by atoms with Gasteiger partial charge in [-0.2, -0.15) is 5.10 Å². The van der Waals surface area contributed by atoms with Crippen LogP contribution in [0.4, 0.5) is 0 Å². The molecule has 1 aromatic heterocycles. The summed E-state index contributed by atoms with van der Waals surface area (Å²) in [5, 5.41) is 6.90. The van der Waals surface area contributed by atoms with E-state index < -0.39 is 15.3 Å². The Morgan fingerprint density at radius 3 is 2.52 bits per heavy atom. The molecule has 156 valence electrons. The van der Waals surface area contributed by atoms with Crippen LogP contribution in [-0.4, -0.2) is 42.2 Å². The lowest BCUT2D eigenvalue weighted by molar-refractivity contribution is -0.143. The molecule has 0 spiro atoms. The molecule has 1 aromatic carbocycles. The standard InChI is InChI=1S/C22H29N3O3S/c1-29(27,28)19-16-23-24-20(19)18-12-6-9-15-25(18)21(26)22(13-7-3-8-14-22)17-10-4-2-5-11-17/h2,4-5,10-11,16,18H,3,6-9,12-15H2,1H3,(H,23,24). The smallest absolute Gasteiger partial charge is 0.233 e. The predicted molar refractivity (Wildman–Crippen MR) is 111 cm³/mol.